The molecule has 0 amide bonds. The van der Waals surface area contributed by atoms with Gasteiger partial charge in [-0.3, -0.25) is 9.69 Å². The van der Waals surface area contributed by atoms with Crippen LogP contribution < -0.4 is 0 Å². The van der Waals surface area contributed by atoms with Gasteiger partial charge in [-0.15, -0.1) is 0 Å². The first-order valence-electron chi connectivity index (χ1n) is 6.65. The lowest BCUT2D eigenvalue weighted by Gasteiger charge is -2.54. The lowest BCUT2D eigenvalue weighted by molar-refractivity contribution is -0.153. The fourth-order valence-corrected chi connectivity index (χ4v) is 3.27. The molecular weight excluding hydrogens is 218 g/mol. The van der Waals surface area contributed by atoms with Gasteiger partial charge in [-0.05, 0) is 25.7 Å². The number of nitrogens with zero attached hydrogens (tertiary/aromatic N) is 1. The number of ether oxygens (including phenoxy) is 2. The van der Waals surface area contributed by atoms with Crippen LogP contribution in [0.15, 0.2) is 0 Å². The number of carbonyl (C=O) groups excluding carboxylic acids is 1. The largest absolute Gasteiger partial charge is 0.466 e. The Kier molecular flexibility index (Phi) is 4.05. The van der Waals surface area contributed by atoms with Gasteiger partial charge in [0.25, 0.3) is 0 Å². The van der Waals surface area contributed by atoms with Crippen LogP contribution in [0.2, 0.25) is 0 Å². The van der Waals surface area contributed by atoms with E-state index in [1.165, 1.54) is 0 Å². The van der Waals surface area contributed by atoms with Crippen molar-refractivity contribution < 1.29 is 14.3 Å². The number of morpholine rings is 1. The fourth-order valence-electron chi connectivity index (χ4n) is 3.27. The predicted octanol–water partition coefficient (Wildman–Crippen LogP) is 1.44. The molecular formula is C13H23NO3. The van der Waals surface area contributed by atoms with Crippen molar-refractivity contribution in [2.45, 2.75) is 38.6 Å². The molecule has 2 aliphatic rings. The molecule has 2 fully saturated rings. The predicted molar refractivity (Wildman–Crippen MR) is 64.8 cm³/mol. The standard InChI is InChI=1S/C13H23NO3/c1-3-17-12(15)10-13(8-11(2)9-13)14-4-6-16-7-5-14/h11H,3-10H2,1-2H3. The molecule has 0 unspecified atom stereocenters. The third kappa shape index (κ3) is 2.80. The second kappa shape index (κ2) is 5.36. The molecule has 1 heterocycles. The molecule has 98 valence electrons. The number of hydrogen-bond acceptors (Lipinski definition) is 4. The van der Waals surface area contributed by atoms with Crippen molar-refractivity contribution in [3.05, 3.63) is 0 Å². The van der Waals surface area contributed by atoms with Crippen LogP contribution >= 0.6 is 0 Å². The monoisotopic (exact) mass is 241 g/mol. The maximum absolute atomic E-state index is 11.7. The van der Waals surface area contributed by atoms with Gasteiger partial charge in [0.05, 0.1) is 26.2 Å². The van der Waals surface area contributed by atoms with E-state index in [2.05, 4.69) is 11.8 Å². The van der Waals surface area contributed by atoms with Gasteiger partial charge in [0.1, 0.15) is 0 Å². The van der Waals surface area contributed by atoms with Gasteiger partial charge in [0.15, 0.2) is 0 Å². The van der Waals surface area contributed by atoms with Crippen LogP contribution in [0, 0.1) is 5.92 Å². The minimum absolute atomic E-state index is 0.0501. The van der Waals surface area contributed by atoms with E-state index in [1.54, 1.807) is 0 Å². The van der Waals surface area contributed by atoms with Gasteiger partial charge in [-0.25, -0.2) is 0 Å². The van der Waals surface area contributed by atoms with Crippen LogP contribution in [0.4, 0.5) is 0 Å². The van der Waals surface area contributed by atoms with Crippen molar-refractivity contribution in [1.82, 2.24) is 4.90 Å². The Bertz CT molecular complexity index is 268. The van der Waals surface area contributed by atoms with E-state index in [-0.39, 0.29) is 11.5 Å². The zero-order valence-electron chi connectivity index (χ0n) is 10.9. The van der Waals surface area contributed by atoms with E-state index in [9.17, 15) is 4.79 Å². The summed E-state index contributed by atoms with van der Waals surface area (Å²) in [6.07, 6.45) is 2.78. The number of carbonyl (C=O) groups is 1. The minimum Gasteiger partial charge on any atom is -0.466 e. The highest BCUT2D eigenvalue weighted by atomic mass is 16.5. The summed E-state index contributed by atoms with van der Waals surface area (Å²) in [6.45, 7) is 8.08. The summed E-state index contributed by atoms with van der Waals surface area (Å²) in [4.78, 5) is 14.2. The van der Waals surface area contributed by atoms with Gasteiger partial charge < -0.3 is 9.47 Å². The highest BCUT2D eigenvalue weighted by molar-refractivity contribution is 5.71. The molecule has 0 radical (unpaired) electrons. The Balaban J connectivity index is 1.96. The van der Waals surface area contributed by atoms with Crippen LogP contribution in [0.5, 0.6) is 0 Å². The summed E-state index contributed by atoms with van der Waals surface area (Å²) in [5.41, 5.74) is 0.0649. The fraction of sp³-hybridized carbons (Fsp3) is 0.923. The number of esters is 1. The average molecular weight is 241 g/mol. The van der Waals surface area contributed by atoms with Crippen LogP contribution in [0.25, 0.3) is 0 Å². The molecule has 0 spiro atoms. The highest BCUT2D eigenvalue weighted by Crippen LogP contribution is 2.45. The molecule has 0 N–H and O–H groups in total. The Morgan fingerprint density at radius 1 is 1.41 bits per heavy atom. The van der Waals surface area contributed by atoms with Crippen molar-refractivity contribution in [2.24, 2.45) is 5.92 Å². The summed E-state index contributed by atoms with van der Waals surface area (Å²) >= 11 is 0. The quantitative estimate of drug-likeness (QED) is 0.698. The van der Waals surface area contributed by atoms with Crippen LogP contribution in [0.3, 0.4) is 0 Å². The number of hydrogen-bond donors (Lipinski definition) is 0. The molecule has 0 aromatic carbocycles. The van der Waals surface area contributed by atoms with Crippen molar-refractivity contribution in [3.63, 3.8) is 0 Å². The summed E-state index contributed by atoms with van der Waals surface area (Å²) in [7, 11) is 0. The smallest absolute Gasteiger partial charge is 0.307 e. The van der Waals surface area contributed by atoms with E-state index in [4.69, 9.17) is 9.47 Å². The topological polar surface area (TPSA) is 38.8 Å². The molecule has 0 aromatic heterocycles. The lowest BCUT2D eigenvalue weighted by atomic mass is 9.66. The van der Waals surface area contributed by atoms with Crippen LogP contribution in [-0.4, -0.2) is 49.3 Å². The maximum Gasteiger partial charge on any atom is 0.307 e. The molecule has 2 rings (SSSR count). The zero-order chi connectivity index (χ0) is 12.3. The van der Waals surface area contributed by atoms with E-state index >= 15 is 0 Å². The molecule has 1 saturated carbocycles. The minimum atomic E-state index is -0.0501. The van der Waals surface area contributed by atoms with Gasteiger partial charge in [0.2, 0.25) is 0 Å². The normalized spacial score (nSPS) is 34.1. The van der Waals surface area contributed by atoms with Gasteiger partial charge >= 0.3 is 5.97 Å². The molecule has 0 bridgehead atoms. The molecule has 4 nitrogen and oxygen atoms in total. The van der Waals surface area contributed by atoms with E-state index < -0.39 is 0 Å². The summed E-state index contributed by atoms with van der Waals surface area (Å²) in [6, 6.07) is 0. The van der Waals surface area contributed by atoms with Crippen LogP contribution in [0.1, 0.15) is 33.1 Å². The van der Waals surface area contributed by atoms with Crippen molar-refractivity contribution in [3.8, 4) is 0 Å². The van der Waals surface area contributed by atoms with Gasteiger partial charge in [-0.1, -0.05) is 6.92 Å². The van der Waals surface area contributed by atoms with Crippen molar-refractivity contribution in [2.75, 3.05) is 32.9 Å². The lowest BCUT2D eigenvalue weighted by Crippen LogP contribution is -2.60. The first-order valence-corrected chi connectivity index (χ1v) is 6.65. The Hall–Kier alpha value is -0.610. The molecule has 1 saturated heterocycles. The molecule has 1 aliphatic carbocycles. The molecule has 0 atom stereocenters. The van der Waals surface area contributed by atoms with Crippen molar-refractivity contribution in [1.29, 1.82) is 0 Å². The van der Waals surface area contributed by atoms with E-state index in [0.29, 0.717) is 13.0 Å². The van der Waals surface area contributed by atoms with E-state index in [1.807, 2.05) is 6.92 Å². The SMILES string of the molecule is CCOC(=O)CC1(N2CCOCC2)CC(C)C1. The zero-order valence-corrected chi connectivity index (χ0v) is 10.9. The summed E-state index contributed by atoms with van der Waals surface area (Å²) < 4.78 is 10.5. The van der Waals surface area contributed by atoms with Gasteiger partial charge in [-0.2, -0.15) is 0 Å². The molecule has 17 heavy (non-hydrogen) atoms. The highest BCUT2D eigenvalue weighted by Gasteiger charge is 2.48. The molecule has 4 heteroatoms. The summed E-state index contributed by atoms with van der Waals surface area (Å²) in [5, 5.41) is 0. The third-order valence-electron chi connectivity index (χ3n) is 3.92. The first kappa shape index (κ1) is 12.8. The molecule has 1 aliphatic heterocycles. The van der Waals surface area contributed by atoms with Crippen molar-refractivity contribution >= 4 is 5.97 Å². The van der Waals surface area contributed by atoms with Gasteiger partial charge in [0, 0.05) is 18.6 Å². The second-order valence-corrected chi connectivity index (χ2v) is 5.32. The first-order chi connectivity index (χ1) is 8.16. The Labute approximate surface area is 103 Å². The Morgan fingerprint density at radius 2 is 2.06 bits per heavy atom. The Morgan fingerprint density at radius 3 is 2.59 bits per heavy atom. The average Bonchev–Trinajstić information content (AvgIpc) is 2.28. The number of rotatable bonds is 4. The van der Waals surface area contributed by atoms with Crippen LogP contribution in [-0.2, 0) is 14.3 Å². The maximum atomic E-state index is 11.7. The van der Waals surface area contributed by atoms with E-state index in [0.717, 1.165) is 45.1 Å². The second-order valence-electron chi connectivity index (χ2n) is 5.32. The third-order valence-corrected chi connectivity index (χ3v) is 3.92. The summed E-state index contributed by atoms with van der Waals surface area (Å²) in [5.74, 6) is 0.679. The molecule has 0 aromatic rings.